The first-order valence-corrected chi connectivity index (χ1v) is 7.02. The number of nitro benzene ring substituents is 1. The Labute approximate surface area is 134 Å². The van der Waals surface area contributed by atoms with E-state index in [0.717, 1.165) is 0 Å². The Bertz CT molecular complexity index is 639. The molecular formula is C15H20N4O4. The first kappa shape index (κ1) is 18.2. The lowest BCUT2D eigenvalue weighted by Gasteiger charge is -2.27. The van der Waals surface area contributed by atoms with Crippen molar-refractivity contribution in [1.82, 2.24) is 5.32 Å². The van der Waals surface area contributed by atoms with Crippen LogP contribution in [0.3, 0.4) is 0 Å². The van der Waals surface area contributed by atoms with Crippen molar-refractivity contribution in [2.75, 3.05) is 19.0 Å². The van der Waals surface area contributed by atoms with Crippen LogP contribution in [0.1, 0.15) is 20.8 Å². The Morgan fingerprint density at radius 2 is 2.17 bits per heavy atom. The maximum atomic E-state index is 12.0. The van der Waals surface area contributed by atoms with E-state index in [1.165, 1.54) is 25.3 Å². The van der Waals surface area contributed by atoms with Gasteiger partial charge in [0.15, 0.2) is 0 Å². The number of nitrogens with one attached hydrogen (secondary N) is 2. The quantitative estimate of drug-likeness (QED) is 0.586. The number of carbonyl (C=O) groups is 1. The monoisotopic (exact) mass is 320 g/mol. The molecular weight excluding hydrogens is 300 g/mol. The molecule has 8 nitrogen and oxygen atoms in total. The van der Waals surface area contributed by atoms with Crippen molar-refractivity contribution < 1.29 is 14.5 Å². The Hall–Kier alpha value is -2.82. The minimum absolute atomic E-state index is 0.0659. The van der Waals surface area contributed by atoms with Gasteiger partial charge in [-0.15, -0.1) is 0 Å². The molecule has 0 aromatic heterocycles. The van der Waals surface area contributed by atoms with Crippen LogP contribution in [-0.4, -0.2) is 30.0 Å². The fourth-order valence-electron chi connectivity index (χ4n) is 1.76. The second-order valence-electron chi connectivity index (χ2n) is 5.51. The summed E-state index contributed by atoms with van der Waals surface area (Å²) in [4.78, 5) is 22.3. The number of benzene rings is 1. The molecule has 2 N–H and O–H groups in total. The Balaban J connectivity index is 2.82. The van der Waals surface area contributed by atoms with E-state index in [1.54, 1.807) is 6.92 Å². The predicted molar refractivity (Wildman–Crippen MR) is 85.1 cm³/mol. The van der Waals surface area contributed by atoms with E-state index in [0.29, 0.717) is 11.4 Å². The first-order valence-electron chi connectivity index (χ1n) is 7.02. The zero-order chi connectivity index (χ0) is 17.6. The smallest absolute Gasteiger partial charge is 0.271 e. The van der Waals surface area contributed by atoms with Crippen molar-refractivity contribution >= 4 is 17.3 Å². The lowest BCUT2D eigenvalue weighted by atomic mass is 9.90. The zero-order valence-electron chi connectivity index (χ0n) is 13.5. The molecule has 0 fully saturated rings. The number of nitriles is 1. The average molecular weight is 320 g/mol. The number of rotatable bonds is 7. The number of amides is 1. The molecule has 1 amide bonds. The molecule has 1 atom stereocenters. The van der Waals surface area contributed by atoms with Gasteiger partial charge in [0, 0.05) is 12.1 Å². The second-order valence-corrected chi connectivity index (χ2v) is 5.51. The van der Waals surface area contributed by atoms with Gasteiger partial charge in [-0.3, -0.25) is 14.9 Å². The van der Waals surface area contributed by atoms with E-state index < -0.39 is 16.4 Å². The maximum absolute atomic E-state index is 12.0. The molecule has 0 aliphatic carbocycles. The van der Waals surface area contributed by atoms with Gasteiger partial charge in [-0.25, -0.2) is 0 Å². The summed E-state index contributed by atoms with van der Waals surface area (Å²) < 4.78 is 5.10. The number of methoxy groups -OCH3 is 1. The summed E-state index contributed by atoms with van der Waals surface area (Å²) in [6.45, 7) is 5.17. The fourth-order valence-corrected chi connectivity index (χ4v) is 1.76. The Morgan fingerprint density at radius 1 is 1.52 bits per heavy atom. The van der Waals surface area contributed by atoms with Gasteiger partial charge in [0.1, 0.15) is 11.3 Å². The van der Waals surface area contributed by atoms with Gasteiger partial charge in [0.2, 0.25) is 5.91 Å². The standard InChI is InChI=1S/C15H20N4O4/c1-10(2)15(3,9-16)18-14(20)8-17-12-7-11(19(21)22)5-6-13(12)23-4/h5-7,10,17H,8H2,1-4H3,(H,18,20). The van der Waals surface area contributed by atoms with Crippen LogP contribution < -0.4 is 15.4 Å². The molecule has 1 aromatic rings. The molecule has 1 aromatic carbocycles. The van der Waals surface area contributed by atoms with E-state index >= 15 is 0 Å². The number of nitro groups is 1. The first-order chi connectivity index (χ1) is 10.7. The molecule has 0 heterocycles. The topological polar surface area (TPSA) is 117 Å². The molecule has 0 aliphatic rings. The third-order valence-corrected chi connectivity index (χ3v) is 3.62. The SMILES string of the molecule is COc1ccc([N+](=O)[O-])cc1NCC(=O)NC(C)(C#N)C(C)C. The van der Waals surface area contributed by atoms with E-state index in [9.17, 15) is 20.2 Å². The van der Waals surface area contributed by atoms with Crippen LogP contribution in [0.25, 0.3) is 0 Å². The molecule has 0 saturated heterocycles. The highest BCUT2D eigenvalue weighted by molar-refractivity contribution is 5.82. The van der Waals surface area contributed by atoms with Gasteiger partial charge < -0.3 is 15.4 Å². The molecule has 8 heteroatoms. The van der Waals surface area contributed by atoms with Crippen LogP contribution in [0.5, 0.6) is 5.75 Å². The number of anilines is 1. The third-order valence-electron chi connectivity index (χ3n) is 3.62. The lowest BCUT2D eigenvalue weighted by molar-refractivity contribution is -0.384. The minimum Gasteiger partial charge on any atom is -0.495 e. The minimum atomic E-state index is -0.981. The largest absolute Gasteiger partial charge is 0.495 e. The highest BCUT2D eigenvalue weighted by Gasteiger charge is 2.29. The van der Waals surface area contributed by atoms with Crippen LogP contribution in [0.2, 0.25) is 0 Å². The number of ether oxygens (including phenoxy) is 1. The van der Waals surface area contributed by atoms with Crippen molar-refractivity contribution in [1.29, 1.82) is 5.26 Å². The summed E-state index contributed by atoms with van der Waals surface area (Å²) in [5, 5.41) is 25.4. The Morgan fingerprint density at radius 3 is 2.65 bits per heavy atom. The molecule has 0 aliphatic heterocycles. The number of hydrogen-bond acceptors (Lipinski definition) is 6. The molecule has 1 unspecified atom stereocenters. The predicted octanol–water partition coefficient (Wildman–Crippen LogP) is 2.07. The van der Waals surface area contributed by atoms with E-state index in [2.05, 4.69) is 16.7 Å². The summed E-state index contributed by atoms with van der Waals surface area (Å²) in [5.74, 6) is -0.0737. The van der Waals surface area contributed by atoms with Crippen LogP contribution in [0.15, 0.2) is 18.2 Å². The van der Waals surface area contributed by atoms with Crippen molar-refractivity contribution in [3.8, 4) is 11.8 Å². The maximum Gasteiger partial charge on any atom is 0.271 e. The lowest BCUT2D eigenvalue weighted by Crippen LogP contribution is -2.50. The number of carbonyl (C=O) groups excluding carboxylic acids is 1. The van der Waals surface area contributed by atoms with Crippen LogP contribution >= 0.6 is 0 Å². The number of nitrogens with zero attached hydrogens (tertiary/aromatic N) is 2. The fraction of sp³-hybridized carbons (Fsp3) is 0.467. The van der Waals surface area contributed by atoms with Gasteiger partial charge in [-0.2, -0.15) is 5.26 Å². The summed E-state index contributed by atoms with van der Waals surface area (Å²) >= 11 is 0. The summed E-state index contributed by atoms with van der Waals surface area (Å²) in [6, 6.07) is 6.13. The van der Waals surface area contributed by atoms with Crippen LogP contribution in [0.4, 0.5) is 11.4 Å². The van der Waals surface area contributed by atoms with Gasteiger partial charge in [-0.05, 0) is 18.9 Å². The van der Waals surface area contributed by atoms with Crippen LogP contribution in [0, 0.1) is 27.4 Å². The average Bonchev–Trinajstić information content (AvgIpc) is 2.52. The summed E-state index contributed by atoms with van der Waals surface area (Å²) in [6.07, 6.45) is 0. The van der Waals surface area contributed by atoms with E-state index in [-0.39, 0.29) is 18.2 Å². The molecule has 23 heavy (non-hydrogen) atoms. The summed E-state index contributed by atoms with van der Waals surface area (Å²) in [5.41, 5.74) is -0.760. The Kier molecular flexibility index (Phi) is 5.90. The third kappa shape index (κ3) is 4.57. The van der Waals surface area contributed by atoms with Gasteiger partial charge in [-0.1, -0.05) is 13.8 Å². The van der Waals surface area contributed by atoms with Gasteiger partial charge >= 0.3 is 0 Å². The van der Waals surface area contributed by atoms with Gasteiger partial charge in [0.25, 0.3) is 5.69 Å². The van der Waals surface area contributed by atoms with Crippen molar-refractivity contribution in [2.24, 2.45) is 5.92 Å². The van der Waals surface area contributed by atoms with E-state index in [1.807, 2.05) is 13.8 Å². The van der Waals surface area contributed by atoms with Crippen molar-refractivity contribution in [2.45, 2.75) is 26.3 Å². The number of non-ortho nitro benzene ring substituents is 1. The molecule has 124 valence electrons. The van der Waals surface area contributed by atoms with Gasteiger partial charge in [0.05, 0.1) is 30.3 Å². The number of hydrogen-bond donors (Lipinski definition) is 2. The zero-order valence-corrected chi connectivity index (χ0v) is 13.5. The second kappa shape index (κ2) is 7.45. The van der Waals surface area contributed by atoms with Crippen molar-refractivity contribution in [3.05, 3.63) is 28.3 Å². The van der Waals surface area contributed by atoms with E-state index in [4.69, 9.17) is 4.74 Å². The molecule has 0 saturated carbocycles. The normalized spacial score (nSPS) is 12.9. The van der Waals surface area contributed by atoms with Crippen molar-refractivity contribution in [3.63, 3.8) is 0 Å². The molecule has 0 radical (unpaired) electrons. The highest BCUT2D eigenvalue weighted by Crippen LogP contribution is 2.28. The van der Waals surface area contributed by atoms with Crippen LogP contribution in [-0.2, 0) is 4.79 Å². The molecule has 0 bridgehead atoms. The molecule has 0 spiro atoms. The molecule has 1 rings (SSSR count). The summed E-state index contributed by atoms with van der Waals surface area (Å²) in [7, 11) is 1.43. The highest BCUT2D eigenvalue weighted by atomic mass is 16.6.